The van der Waals surface area contributed by atoms with Crippen LogP contribution in [0, 0.1) is 0 Å². The average molecular weight is 292 g/mol. The van der Waals surface area contributed by atoms with Gasteiger partial charge in [-0.2, -0.15) is 5.10 Å². The lowest BCUT2D eigenvalue weighted by Crippen LogP contribution is -2.41. The Hall–Kier alpha value is -2.77. The molecule has 2 aromatic rings. The minimum absolute atomic E-state index is 0.321. The Morgan fingerprint density at radius 1 is 1.57 bits per heavy atom. The third-order valence-electron chi connectivity index (χ3n) is 2.92. The molecule has 0 fully saturated rings. The number of aromatic nitrogens is 2. The monoisotopic (exact) mass is 292 g/mol. The molecule has 8 heteroatoms. The van der Waals surface area contributed by atoms with E-state index in [0.29, 0.717) is 12.1 Å². The zero-order valence-electron chi connectivity index (χ0n) is 11.7. The number of carboxylic acid groups (broad SMARTS) is 1. The molecule has 0 saturated heterocycles. The first kappa shape index (κ1) is 14.6. The number of nitrogens with one attached hydrogen (secondary N) is 1. The maximum Gasteiger partial charge on any atom is 0.331 e. The molecule has 0 bridgehead atoms. The van der Waals surface area contributed by atoms with Gasteiger partial charge in [0.2, 0.25) is 0 Å². The largest absolute Gasteiger partial charge is 0.479 e. The van der Waals surface area contributed by atoms with Gasteiger partial charge in [-0.25, -0.2) is 9.59 Å². The molecular weight excluding hydrogens is 276 g/mol. The van der Waals surface area contributed by atoms with Crippen molar-refractivity contribution in [2.45, 2.75) is 12.6 Å². The molecule has 0 aromatic carbocycles. The number of carboxylic acids is 1. The maximum absolute atomic E-state index is 12.1. The van der Waals surface area contributed by atoms with Crippen LogP contribution in [0.15, 0.2) is 35.4 Å². The molecule has 0 saturated carbocycles. The van der Waals surface area contributed by atoms with E-state index in [1.54, 1.807) is 26.4 Å². The van der Waals surface area contributed by atoms with Gasteiger partial charge in [0.05, 0.1) is 25.3 Å². The van der Waals surface area contributed by atoms with E-state index in [-0.39, 0.29) is 0 Å². The lowest BCUT2D eigenvalue weighted by atomic mass is 10.1. The van der Waals surface area contributed by atoms with Crippen LogP contribution in [0.5, 0.6) is 0 Å². The van der Waals surface area contributed by atoms with Gasteiger partial charge >= 0.3 is 12.0 Å². The van der Waals surface area contributed by atoms with Crippen LogP contribution < -0.4 is 5.32 Å². The van der Waals surface area contributed by atoms with E-state index in [1.807, 2.05) is 0 Å². The quantitative estimate of drug-likeness (QED) is 0.855. The predicted octanol–water partition coefficient (Wildman–Crippen LogP) is 0.980. The van der Waals surface area contributed by atoms with Crippen LogP contribution in [-0.4, -0.2) is 38.8 Å². The molecule has 8 nitrogen and oxygen atoms in total. The Kier molecular flexibility index (Phi) is 4.27. The summed E-state index contributed by atoms with van der Waals surface area (Å²) in [5.41, 5.74) is 1.23. The van der Waals surface area contributed by atoms with E-state index in [9.17, 15) is 14.7 Å². The van der Waals surface area contributed by atoms with Gasteiger partial charge in [0.15, 0.2) is 6.04 Å². The molecule has 2 heterocycles. The van der Waals surface area contributed by atoms with Crippen molar-refractivity contribution in [2.75, 3.05) is 7.05 Å². The van der Waals surface area contributed by atoms with Crippen molar-refractivity contribution in [2.24, 2.45) is 7.05 Å². The summed E-state index contributed by atoms with van der Waals surface area (Å²) in [4.78, 5) is 24.7. The number of furan rings is 1. The normalized spacial score (nSPS) is 11.9. The number of amides is 2. The van der Waals surface area contributed by atoms with Gasteiger partial charge in [-0.05, 0) is 6.07 Å². The molecule has 2 amide bonds. The van der Waals surface area contributed by atoms with E-state index in [4.69, 9.17) is 4.42 Å². The van der Waals surface area contributed by atoms with Crippen LogP contribution in [0.3, 0.4) is 0 Å². The number of hydrogen-bond acceptors (Lipinski definition) is 4. The number of aryl methyl sites for hydroxylation is 1. The number of rotatable bonds is 5. The first-order valence-electron chi connectivity index (χ1n) is 6.21. The molecule has 0 aliphatic carbocycles. The third-order valence-corrected chi connectivity index (χ3v) is 2.92. The van der Waals surface area contributed by atoms with Gasteiger partial charge in [-0.3, -0.25) is 4.68 Å². The Morgan fingerprint density at radius 2 is 2.33 bits per heavy atom. The molecule has 0 aliphatic heterocycles. The SMILES string of the molecule is CN(Cc1ccoc1)C(=O)NC(C(=O)O)c1cnn(C)c1. The number of hydrogen-bond donors (Lipinski definition) is 2. The molecule has 21 heavy (non-hydrogen) atoms. The van der Waals surface area contributed by atoms with Crippen LogP contribution in [0.25, 0.3) is 0 Å². The van der Waals surface area contributed by atoms with E-state index in [1.165, 1.54) is 28.3 Å². The average Bonchev–Trinajstić information content (AvgIpc) is 3.06. The van der Waals surface area contributed by atoms with Gasteiger partial charge in [-0.1, -0.05) is 0 Å². The van der Waals surface area contributed by atoms with Crippen LogP contribution in [0.2, 0.25) is 0 Å². The van der Waals surface area contributed by atoms with Crippen molar-refractivity contribution < 1.29 is 19.1 Å². The molecule has 1 unspecified atom stereocenters. The minimum Gasteiger partial charge on any atom is -0.479 e. The number of carbonyl (C=O) groups is 2. The van der Waals surface area contributed by atoms with Gasteiger partial charge in [0.25, 0.3) is 0 Å². The van der Waals surface area contributed by atoms with Crippen LogP contribution in [-0.2, 0) is 18.4 Å². The Morgan fingerprint density at radius 3 is 2.86 bits per heavy atom. The topological polar surface area (TPSA) is 101 Å². The van der Waals surface area contributed by atoms with Gasteiger partial charge in [0.1, 0.15) is 0 Å². The van der Waals surface area contributed by atoms with Crippen molar-refractivity contribution in [1.29, 1.82) is 0 Å². The van der Waals surface area contributed by atoms with Gasteiger partial charge < -0.3 is 19.7 Å². The highest BCUT2D eigenvalue weighted by atomic mass is 16.4. The smallest absolute Gasteiger partial charge is 0.331 e. The predicted molar refractivity (Wildman–Crippen MR) is 72.3 cm³/mol. The lowest BCUT2D eigenvalue weighted by Gasteiger charge is -2.20. The Balaban J connectivity index is 2.03. The number of nitrogens with zero attached hydrogens (tertiary/aromatic N) is 3. The standard InChI is InChI=1S/C13H16N4O4/c1-16(6-9-3-4-21-8-9)13(20)15-11(12(18)19)10-5-14-17(2)7-10/h3-5,7-8,11H,6H2,1-2H3,(H,15,20)(H,18,19). The molecule has 0 aliphatic rings. The molecule has 0 radical (unpaired) electrons. The number of urea groups is 1. The Labute approximate surface area is 121 Å². The summed E-state index contributed by atoms with van der Waals surface area (Å²) < 4.78 is 6.40. The second-order valence-electron chi connectivity index (χ2n) is 4.66. The first-order chi connectivity index (χ1) is 9.97. The van der Waals surface area contributed by atoms with Crippen molar-refractivity contribution in [3.63, 3.8) is 0 Å². The Bertz CT molecular complexity index is 620. The molecule has 2 aromatic heterocycles. The summed E-state index contributed by atoms with van der Waals surface area (Å²) in [6.45, 7) is 0.321. The fourth-order valence-electron chi connectivity index (χ4n) is 1.84. The van der Waals surface area contributed by atoms with Gasteiger partial charge in [-0.15, -0.1) is 0 Å². The number of carbonyl (C=O) groups excluding carboxylic acids is 1. The minimum atomic E-state index is -1.15. The molecule has 1 atom stereocenters. The van der Waals surface area contributed by atoms with E-state index >= 15 is 0 Å². The summed E-state index contributed by atoms with van der Waals surface area (Å²) in [6.07, 6.45) is 6.00. The summed E-state index contributed by atoms with van der Waals surface area (Å²) in [6, 6.07) is 0.102. The molecule has 112 valence electrons. The van der Waals surface area contributed by atoms with Crippen LogP contribution in [0.1, 0.15) is 17.2 Å². The molecule has 2 N–H and O–H groups in total. The van der Waals surface area contributed by atoms with E-state index in [2.05, 4.69) is 10.4 Å². The summed E-state index contributed by atoms with van der Waals surface area (Å²) in [5, 5.41) is 15.6. The fourth-order valence-corrected chi connectivity index (χ4v) is 1.84. The second kappa shape index (κ2) is 6.12. The fraction of sp³-hybridized carbons (Fsp3) is 0.308. The van der Waals surface area contributed by atoms with Crippen molar-refractivity contribution in [1.82, 2.24) is 20.0 Å². The van der Waals surface area contributed by atoms with Crippen molar-refractivity contribution >= 4 is 12.0 Å². The third kappa shape index (κ3) is 3.62. The zero-order chi connectivity index (χ0) is 15.4. The highest BCUT2D eigenvalue weighted by molar-refractivity contribution is 5.83. The second-order valence-corrected chi connectivity index (χ2v) is 4.66. The highest BCUT2D eigenvalue weighted by Crippen LogP contribution is 2.13. The highest BCUT2D eigenvalue weighted by Gasteiger charge is 2.25. The number of aliphatic carboxylic acids is 1. The van der Waals surface area contributed by atoms with E-state index in [0.717, 1.165) is 5.56 Å². The lowest BCUT2D eigenvalue weighted by molar-refractivity contribution is -0.139. The first-order valence-corrected chi connectivity index (χ1v) is 6.21. The summed E-state index contributed by atoms with van der Waals surface area (Å²) in [7, 11) is 3.25. The maximum atomic E-state index is 12.1. The van der Waals surface area contributed by atoms with E-state index < -0.39 is 18.0 Å². The molecule has 0 spiro atoms. The van der Waals surface area contributed by atoms with Crippen LogP contribution in [0.4, 0.5) is 4.79 Å². The summed E-state index contributed by atoms with van der Waals surface area (Å²) in [5.74, 6) is -1.15. The van der Waals surface area contributed by atoms with Crippen molar-refractivity contribution in [3.8, 4) is 0 Å². The summed E-state index contributed by atoms with van der Waals surface area (Å²) >= 11 is 0. The van der Waals surface area contributed by atoms with Crippen LogP contribution >= 0.6 is 0 Å². The van der Waals surface area contributed by atoms with Crippen molar-refractivity contribution in [3.05, 3.63) is 42.1 Å². The molecular formula is C13H16N4O4. The molecule has 2 rings (SSSR count). The van der Waals surface area contributed by atoms with Gasteiger partial charge in [0, 0.05) is 31.4 Å². The zero-order valence-corrected chi connectivity index (χ0v) is 11.7.